The van der Waals surface area contributed by atoms with E-state index in [1.807, 2.05) is 37.3 Å². The molecule has 1 heterocycles. The van der Waals surface area contributed by atoms with Gasteiger partial charge in [-0.3, -0.25) is 14.9 Å². The van der Waals surface area contributed by atoms with E-state index < -0.39 is 5.97 Å². The van der Waals surface area contributed by atoms with Gasteiger partial charge < -0.3 is 15.2 Å². The fourth-order valence-electron chi connectivity index (χ4n) is 2.72. The normalized spacial score (nSPS) is 10.8. The number of rotatable bonds is 5. The Morgan fingerprint density at radius 1 is 1.14 bits per heavy atom. The van der Waals surface area contributed by atoms with Crippen LogP contribution in [0, 0.1) is 6.92 Å². The summed E-state index contributed by atoms with van der Waals surface area (Å²) in [7, 11) is 1.79. The van der Waals surface area contributed by atoms with E-state index in [2.05, 4.69) is 15.8 Å². The van der Waals surface area contributed by atoms with Gasteiger partial charge in [0, 0.05) is 7.05 Å². The summed E-state index contributed by atoms with van der Waals surface area (Å²) in [6.45, 7) is 1.81. The number of nitrogens with one attached hydrogen (secondary N) is 2. The second-order valence-corrected chi connectivity index (χ2v) is 6.58. The number of carbonyl (C=O) groups is 1. The summed E-state index contributed by atoms with van der Waals surface area (Å²) in [6, 6.07) is 15.3. The summed E-state index contributed by atoms with van der Waals surface area (Å²) in [5.74, 6) is -1.24. The third kappa shape index (κ3) is 4.41. The van der Waals surface area contributed by atoms with E-state index in [-0.39, 0.29) is 16.2 Å². The first kappa shape index (κ1) is 20.0. The van der Waals surface area contributed by atoms with Crippen LogP contribution in [0.4, 0.5) is 5.69 Å². The number of carbonyl (C=O) groups excluding carboxylic acids is 1. The third-order valence-corrected chi connectivity index (χ3v) is 4.51. The summed E-state index contributed by atoms with van der Waals surface area (Å²) in [6.07, 6.45) is 1.48. The van der Waals surface area contributed by atoms with Crippen molar-refractivity contribution in [2.45, 2.75) is 6.92 Å². The summed E-state index contributed by atoms with van der Waals surface area (Å²) >= 11 is 5.22. The number of hydrogen-bond acceptors (Lipinski definition) is 5. The number of thiocarbonyl (C=S) groups is 1. The van der Waals surface area contributed by atoms with Crippen LogP contribution < -0.4 is 21.4 Å². The minimum Gasteiger partial charge on any atom is -0.545 e. The third-order valence-electron chi connectivity index (χ3n) is 4.32. The molecule has 3 aromatic rings. The zero-order valence-electron chi connectivity index (χ0n) is 15.7. The van der Waals surface area contributed by atoms with Crippen molar-refractivity contribution in [2.24, 2.45) is 12.1 Å². The van der Waals surface area contributed by atoms with Crippen LogP contribution in [0.5, 0.6) is 0 Å². The minimum atomic E-state index is -1.24. The van der Waals surface area contributed by atoms with Crippen LogP contribution in [0.2, 0.25) is 0 Å². The predicted molar refractivity (Wildman–Crippen MR) is 113 cm³/mol. The SMILES string of the molecule is Cc1c(NC(=S)N/N=C\c2ccc(C(=O)[O-])cc2)c(=O)n(-c2ccccc2)n1C. The summed E-state index contributed by atoms with van der Waals surface area (Å²) in [5.41, 5.74) is 4.97. The number of anilines is 1. The molecule has 0 saturated heterocycles. The molecule has 2 aromatic carbocycles. The van der Waals surface area contributed by atoms with E-state index in [0.717, 1.165) is 5.69 Å². The average molecular weight is 408 g/mol. The van der Waals surface area contributed by atoms with Gasteiger partial charge in [0.25, 0.3) is 5.56 Å². The molecule has 0 aliphatic heterocycles. The predicted octanol–water partition coefficient (Wildman–Crippen LogP) is 1.17. The Kier molecular flexibility index (Phi) is 5.89. The molecule has 0 fully saturated rings. The summed E-state index contributed by atoms with van der Waals surface area (Å²) in [5, 5.41) is 17.8. The second kappa shape index (κ2) is 8.53. The van der Waals surface area contributed by atoms with Gasteiger partial charge in [-0.25, -0.2) is 4.68 Å². The van der Waals surface area contributed by atoms with Crippen LogP contribution in [0.3, 0.4) is 0 Å². The number of benzene rings is 2. The number of aromatic carboxylic acids is 1. The van der Waals surface area contributed by atoms with Crippen LogP contribution in [-0.4, -0.2) is 26.7 Å². The molecule has 0 aliphatic rings. The molecule has 2 N–H and O–H groups in total. The first-order chi connectivity index (χ1) is 13.9. The van der Waals surface area contributed by atoms with Crippen LogP contribution in [-0.2, 0) is 7.05 Å². The Morgan fingerprint density at radius 2 is 1.79 bits per heavy atom. The molecule has 0 radical (unpaired) electrons. The fourth-order valence-corrected chi connectivity index (χ4v) is 2.88. The smallest absolute Gasteiger partial charge is 0.295 e. The van der Waals surface area contributed by atoms with E-state index in [0.29, 0.717) is 16.9 Å². The molecule has 0 aliphatic carbocycles. The van der Waals surface area contributed by atoms with Crippen molar-refractivity contribution >= 4 is 35.2 Å². The molecule has 29 heavy (non-hydrogen) atoms. The highest BCUT2D eigenvalue weighted by Gasteiger charge is 2.16. The molecular formula is C20H18N5O3S-. The number of para-hydroxylation sites is 1. The van der Waals surface area contributed by atoms with Gasteiger partial charge in [0.05, 0.1) is 23.6 Å². The Labute approximate surface area is 172 Å². The van der Waals surface area contributed by atoms with Crippen LogP contribution in [0.25, 0.3) is 5.69 Å². The Bertz CT molecular complexity index is 1130. The molecule has 0 bridgehead atoms. The first-order valence-electron chi connectivity index (χ1n) is 8.64. The number of aromatic nitrogens is 2. The Balaban J connectivity index is 1.71. The fraction of sp³-hybridized carbons (Fsp3) is 0.100. The number of hydrogen-bond donors (Lipinski definition) is 2. The lowest BCUT2D eigenvalue weighted by atomic mass is 10.1. The molecular weight excluding hydrogens is 390 g/mol. The maximum atomic E-state index is 12.8. The number of nitrogens with zero attached hydrogens (tertiary/aromatic N) is 3. The van der Waals surface area contributed by atoms with Gasteiger partial charge in [-0.1, -0.05) is 42.5 Å². The monoisotopic (exact) mass is 408 g/mol. The number of carboxylic acids is 1. The van der Waals surface area contributed by atoms with Crippen molar-refractivity contribution < 1.29 is 9.90 Å². The minimum absolute atomic E-state index is 0.0848. The number of hydrazone groups is 1. The number of carboxylic acid groups (broad SMARTS) is 1. The van der Waals surface area contributed by atoms with E-state index >= 15 is 0 Å². The molecule has 1 aromatic heterocycles. The average Bonchev–Trinajstić information content (AvgIpc) is 2.92. The maximum absolute atomic E-state index is 12.8. The molecule has 148 valence electrons. The zero-order chi connectivity index (χ0) is 21.0. The molecule has 0 saturated carbocycles. The molecule has 0 amide bonds. The van der Waals surface area contributed by atoms with Crippen LogP contribution >= 0.6 is 12.2 Å². The van der Waals surface area contributed by atoms with Gasteiger partial charge in [-0.15, -0.1) is 0 Å². The van der Waals surface area contributed by atoms with E-state index in [4.69, 9.17) is 12.2 Å². The van der Waals surface area contributed by atoms with Crippen molar-refractivity contribution in [3.8, 4) is 5.69 Å². The lowest BCUT2D eigenvalue weighted by Gasteiger charge is -2.07. The first-order valence-corrected chi connectivity index (χ1v) is 9.05. The summed E-state index contributed by atoms with van der Waals surface area (Å²) < 4.78 is 3.28. The Morgan fingerprint density at radius 3 is 2.41 bits per heavy atom. The van der Waals surface area contributed by atoms with Crippen LogP contribution in [0.15, 0.2) is 64.5 Å². The van der Waals surface area contributed by atoms with Gasteiger partial charge in [-0.2, -0.15) is 5.10 Å². The second-order valence-electron chi connectivity index (χ2n) is 6.17. The Hall–Kier alpha value is -3.72. The van der Waals surface area contributed by atoms with Gasteiger partial charge in [0.1, 0.15) is 5.69 Å². The molecule has 0 atom stereocenters. The topological polar surface area (TPSA) is 103 Å². The van der Waals surface area contributed by atoms with E-state index in [1.165, 1.54) is 18.3 Å². The van der Waals surface area contributed by atoms with Crippen molar-refractivity contribution in [2.75, 3.05) is 5.32 Å². The zero-order valence-corrected chi connectivity index (χ0v) is 16.6. The lowest BCUT2D eigenvalue weighted by Crippen LogP contribution is -2.28. The van der Waals surface area contributed by atoms with Crippen molar-refractivity contribution in [1.82, 2.24) is 14.8 Å². The quantitative estimate of drug-likeness (QED) is 0.373. The highest BCUT2D eigenvalue weighted by molar-refractivity contribution is 7.80. The maximum Gasteiger partial charge on any atom is 0.295 e. The van der Waals surface area contributed by atoms with Crippen molar-refractivity contribution in [3.05, 3.63) is 81.8 Å². The highest BCUT2D eigenvalue weighted by atomic mass is 32.1. The molecule has 3 rings (SSSR count). The summed E-state index contributed by atoms with van der Waals surface area (Å²) in [4.78, 5) is 23.6. The molecule has 0 unspecified atom stereocenters. The lowest BCUT2D eigenvalue weighted by molar-refractivity contribution is -0.255. The highest BCUT2D eigenvalue weighted by Crippen LogP contribution is 2.13. The van der Waals surface area contributed by atoms with E-state index in [9.17, 15) is 14.7 Å². The van der Waals surface area contributed by atoms with Crippen LogP contribution in [0.1, 0.15) is 21.6 Å². The van der Waals surface area contributed by atoms with E-state index in [1.54, 1.807) is 28.5 Å². The standard InChI is InChI=1S/C20H19N5O3S/c1-13-17(18(26)25(24(13)2)16-6-4-3-5-7-16)22-20(29)23-21-12-14-8-10-15(11-9-14)19(27)28/h3-12H,1-2H3,(H,27,28)(H2,22,23,29)/p-1/b21-12-. The van der Waals surface area contributed by atoms with Gasteiger partial charge in [0.15, 0.2) is 5.11 Å². The largest absolute Gasteiger partial charge is 0.545 e. The van der Waals surface area contributed by atoms with Crippen molar-refractivity contribution in [3.63, 3.8) is 0 Å². The van der Waals surface area contributed by atoms with Gasteiger partial charge in [-0.05, 0) is 42.4 Å². The van der Waals surface area contributed by atoms with Gasteiger partial charge in [0.2, 0.25) is 0 Å². The van der Waals surface area contributed by atoms with Crippen molar-refractivity contribution in [1.29, 1.82) is 0 Å². The molecule has 0 spiro atoms. The molecule has 9 heteroatoms. The van der Waals surface area contributed by atoms with Gasteiger partial charge >= 0.3 is 0 Å². The molecule has 8 nitrogen and oxygen atoms in total.